The standard InChI is InChI=1S/C16H17BrN2O3.ClH/c1-16(2,3)22-19-14(15-13(21)5-4-8-18-15)11-9-10(17)6-7-12(11)20;/h4-9,20-21H,1-3H3;1H/b19-14-;. The van der Waals surface area contributed by atoms with Gasteiger partial charge in [-0.1, -0.05) is 21.1 Å². The van der Waals surface area contributed by atoms with Crippen molar-refractivity contribution in [1.82, 2.24) is 4.98 Å². The van der Waals surface area contributed by atoms with Gasteiger partial charge in [-0.2, -0.15) is 0 Å². The van der Waals surface area contributed by atoms with Crippen molar-refractivity contribution in [3.63, 3.8) is 0 Å². The molecule has 0 unspecified atom stereocenters. The predicted molar refractivity (Wildman–Crippen MR) is 95.4 cm³/mol. The zero-order valence-electron chi connectivity index (χ0n) is 12.9. The molecular formula is C16H18BrClN2O3. The summed E-state index contributed by atoms with van der Waals surface area (Å²) < 4.78 is 0.763. The maximum atomic E-state index is 10.1. The summed E-state index contributed by atoms with van der Waals surface area (Å²) in [6, 6.07) is 8.05. The summed E-state index contributed by atoms with van der Waals surface area (Å²) in [5.74, 6) is -0.0253. The Morgan fingerprint density at radius 3 is 2.48 bits per heavy atom. The molecule has 0 amide bonds. The predicted octanol–water partition coefficient (Wildman–Crippen LogP) is 4.24. The van der Waals surface area contributed by atoms with Crippen LogP contribution in [0.5, 0.6) is 11.5 Å². The average molecular weight is 402 g/mol. The van der Waals surface area contributed by atoms with E-state index in [0.29, 0.717) is 5.56 Å². The zero-order valence-corrected chi connectivity index (χ0v) is 15.3. The smallest absolute Gasteiger partial charge is 0.143 e. The van der Waals surface area contributed by atoms with Crippen molar-refractivity contribution in [2.24, 2.45) is 5.16 Å². The summed E-state index contributed by atoms with van der Waals surface area (Å²) in [6.07, 6.45) is 1.54. The number of hydrogen-bond acceptors (Lipinski definition) is 5. The van der Waals surface area contributed by atoms with Gasteiger partial charge in [0, 0.05) is 16.2 Å². The van der Waals surface area contributed by atoms with Gasteiger partial charge in [0.25, 0.3) is 0 Å². The fourth-order valence-corrected chi connectivity index (χ4v) is 2.04. The van der Waals surface area contributed by atoms with Gasteiger partial charge < -0.3 is 15.1 Å². The third kappa shape index (κ3) is 5.11. The summed E-state index contributed by atoms with van der Waals surface area (Å²) in [7, 11) is 0. The molecule has 7 heteroatoms. The van der Waals surface area contributed by atoms with Crippen molar-refractivity contribution in [3.05, 3.63) is 52.3 Å². The minimum atomic E-state index is -0.517. The summed E-state index contributed by atoms with van der Waals surface area (Å²) in [4.78, 5) is 9.60. The van der Waals surface area contributed by atoms with E-state index >= 15 is 0 Å². The molecule has 1 aromatic heterocycles. The molecule has 0 aliphatic rings. The van der Waals surface area contributed by atoms with E-state index in [2.05, 4.69) is 26.1 Å². The molecule has 5 nitrogen and oxygen atoms in total. The van der Waals surface area contributed by atoms with Gasteiger partial charge >= 0.3 is 0 Å². The first-order valence-corrected chi connectivity index (χ1v) is 7.46. The van der Waals surface area contributed by atoms with Gasteiger partial charge in [0.1, 0.15) is 28.5 Å². The molecule has 2 N–H and O–H groups in total. The van der Waals surface area contributed by atoms with E-state index in [1.54, 1.807) is 18.2 Å². The quantitative estimate of drug-likeness (QED) is 0.596. The van der Waals surface area contributed by atoms with E-state index in [9.17, 15) is 10.2 Å². The number of rotatable bonds is 3. The van der Waals surface area contributed by atoms with Crippen molar-refractivity contribution in [3.8, 4) is 11.5 Å². The van der Waals surface area contributed by atoms with Crippen LogP contribution >= 0.6 is 28.3 Å². The normalized spacial score (nSPS) is 11.7. The van der Waals surface area contributed by atoms with Crippen LogP contribution < -0.4 is 0 Å². The van der Waals surface area contributed by atoms with Crippen LogP contribution in [0.25, 0.3) is 0 Å². The van der Waals surface area contributed by atoms with E-state index in [-0.39, 0.29) is 35.3 Å². The van der Waals surface area contributed by atoms with E-state index in [0.717, 1.165) is 4.47 Å². The fourth-order valence-electron chi connectivity index (χ4n) is 1.68. The van der Waals surface area contributed by atoms with Gasteiger partial charge in [-0.15, -0.1) is 12.4 Å². The number of phenols is 1. The monoisotopic (exact) mass is 400 g/mol. The Morgan fingerprint density at radius 2 is 1.87 bits per heavy atom. The Labute approximate surface area is 149 Å². The fraction of sp³-hybridized carbons (Fsp3) is 0.250. The van der Waals surface area contributed by atoms with Gasteiger partial charge in [0.05, 0.1) is 0 Å². The van der Waals surface area contributed by atoms with E-state index in [4.69, 9.17) is 4.84 Å². The highest BCUT2D eigenvalue weighted by atomic mass is 79.9. The van der Waals surface area contributed by atoms with Crippen LogP contribution in [0, 0.1) is 0 Å². The Hall–Kier alpha value is -1.79. The van der Waals surface area contributed by atoms with Crippen LogP contribution in [0.4, 0.5) is 0 Å². The van der Waals surface area contributed by atoms with Crippen LogP contribution in [-0.4, -0.2) is 26.5 Å². The summed E-state index contributed by atoms with van der Waals surface area (Å²) in [6.45, 7) is 5.56. The SMILES string of the molecule is CC(C)(C)O/N=C(/c1cc(Br)ccc1O)c1ncccc1O.Cl. The van der Waals surface area contributed by atoms with Gasteiger partial charge in [-0.25, -0.2) is 0 Å². The minimum absolute atomic E-state index is 0. The molecule has 2 aromatic rings. The second-order valence-electron chi connectivity index (χ2n) is 5.68. The summed E-state index contributed by atoms with van der Waals surface area (Å²) in [5.41, 5.74) is 0.386. The third-order valence-corrected chi connectivity index (χ3v) is 3.13. The maximum absolute atomic E-state index is 10.1. The molecule has 1 aromatic carbocycles. The molecule has 0 spiro atoms. The molecule has 124 valence electrons. The molecule has 0 saturated heterocycles. The van der Waals surface area contributed by atoms with Crippen LogP contribution in [0.1, 0.15) is 32.0 Å². The lowest BCUT2D eigenvalue weighted by Gasteiger charge is -2.17. The first-order valence-electron chi connectivity index (χ1n) is 6.67. The van der Waals surface area contributed by atoms with E-state index in [1.807, 2.05) is 20.8 Å². The second kappa shape index (κ2) is 7.66. The molecule has 0 atom stereocenters. The van der Waals surface area contributed by atoms with E-state index < -0.39 is 5.60 Å². The number of hydrogen-bond donors (Lipinski definition) is 2. The lowest BCUT2D eigenvalue weighted by atomic mass is 10.1. The highest BCUT2D eigenvalue weighted by molar-refractivity contribution is 9.10. The molecule has 0 aliphatic heterocycles. The lowest BCUT2D eigenvalue weighted by molar-refractivity contribution is 0.00109. The Balaban J connectivity index is 0.00000264. The largest absolute Gasteiger partial charge is 0.507 e. The minimum Gasteiger partial charge on any atom is -0.507 e. The highest BCUT2D eigenvalue weighted by Crippen LogP contribution is 2.28. The molecule has 0 saturated carbocycles. The number of aromatic hydroxyl groups is 2. The number of nitrogens with zero attached hydrogens (tertiary/aromatic N) is 2. The zero-order chi connectivity index (χ0) is 16.3. The number of oxime groups is 1. The molecule has 23 heavy (non-hydrogen) atoms. The summed E-state index contributed by atoms with van der Waals surface area (Å²) >= 11 is 3.36. The molecule has 0 fully saturated rings. The van der Waals surface area contributed by atoms with E-state index in [1.165, 1.54) is 18.3 Å². The Bertz CT molecular complexity index is 715. The highest BCUT2D eigenvalue weighted by Gasteiger charge is 2.20. The first-order chi connectivity index (χ1) is 10.3. The van der Waals surface area contributed by atoms with Crippen LogP contribution in [0.2, 0.25) is 0 Å². The van der Waals surface area contributed by atoms with Gasteiger partial charge in [0.15, 0.2) is 0 Å². The number of benzene rings is 1. The Kier molecular flexibility index (Phi) is 6.41. The van der Waals surface area contributed by atoms with Crippen molar-refractivity contribution < 1.29 is 15.1 Å². The van der Waals surface area contributed by atoms with Crippen LogP contribution in [-0.2, 0) is 4.84 Å². The number of aromatic nitrogens is 1. The van der Waals surface area contributed by atoms with Crippen LogP contribution in [0.3, 0.4) is 0 Å². The molecule has 0 aliphatic carbocycles. The summed E-state index contributed by atoms with van der Waals surface area (Å²) in [5, 5.41) is 24.3. The average Bonchev–Trinajstić information content (AvgIpc) is 2.43. The molecule has 0 radical (unpaired) electrons. The van der Waals surface area contributed by atoms with Gasteiger partial charge in [0.2, 0.25) is 0 Å². The second-order valence-corrected chi connectivity index (χ2v) is 6.59. The Morgan fingerprint density at radius 1 is 1.17 bits per heavy atom. The lowest BCUT2D eigenvalue weighted by Crippen LogP contribution is -2.18. The molecular weight excluding hydrogens is 384 g/mol. The number of phenolic OH excluding ortho intramolecular Hbond substituents is 1. The van der Waals surface area contributed by atoms with Crippen molar-refractivity contribution in [2.75, 3.05) is 0 Å². The third-order valence-electron chi connectivity index (χ3n) is 2.64. The molecule has 2 rings (SSSR count). The first kappa shape index (κ1) is 19.3. The molecule has 1 heterocycles. The van der Waals surface area contributed by atoms with Crippen molar-refractivity contribution >= 4 is 34.0 Å². The van der Waals surface area contributed by atoms with Crippen LogP contribution in [0.15, 0.2) is 46.2 Å². The number of pyridine rings is 1. The van der Waals surface area contributed by atoms with Crippen molar-refractivity contribution in [2.45, 2.75) is 26.4 Å². The molecule has 0 bridgehead atoms. The van der Waals surface area contributed by atoms with Gasteiger partial charge in [-0.05, 0) is 51.1 Å². The number of halogens is 2. The van der Waals surface area contributed by atoms with Crippen molar-refractivity contribution in [1.29, 1.82) is 0 Å². The van der Waals surface area contributed by atoms with Gasteiger partial charge in [-0.3, -0.25) is 4.98 Å². The topological polar surface area (TPSA) is 74.9 Å². The maximum Gasteiger partial charge on any atom is 0.143 e.